The van der Waals surface area contributed by atoms with Gasteiger partial charge in [0.05, 0.1) is 5.69 Å². The van der Waals surface area contributed by atoms with Crippen LogP contribution in [0.4, 0.5) is 5.82 Å². The first-order chi connectivity index (χ1) is 8.32. The number of nitrogens with two attached hydrogens (primary N) is 1. The normalized spacial score (nSPS) is 19.0. The Hall–Kier alpha value is -1.56. The molecule has 0 saturated carbocycles. The van der Waals surface area contributed by atoms with Crippen LogP contribution in [0, 0.1) is 6.92 Å². The Morgan fingerprint density at radius 3 is 2.67 bits per heavy atom. The van der Waals surface area contributed by atoms with Gasteiger partial charge in [-0.2, -0.15) is 5.10 Å². The van der Waals surface area contributed by atoms with Gasteiger partial charge in [0.25, 0.3) is 5.91 Å². The lowest BCUT2D eigenvalue weighted by molar-refractivity contribution is 0.0652. The van der Waals surface area contributed by atoms with Crippen LogP contribution >= 0.6 is 0 Å². The molecule has 2 heterocycles. The van der Waals surface area contributed by atoms with E-state index in [1.807, 2.05) is 11.8 Å². The number of hydrogen-bond donors (Lipinski definition) is 2. The van der Waals surface area contributed by atoms with E-state index in [1.54, 1.807) is 11.7 Å². The van der Waals surface area contributed by atoms with E-state index in [-0.39, 0.29) is 11.4 Å². The minimum absolute atomic E-state index is 0.0207. The van der Waals surface area contributed by atoms with Crippen LogP contribution in [0.25, 0.3) is 0 Å². The number of carbonyl (C=O) groups is 1. The van der Waals surface area contributed by atoms with Crippen LogP contribution in [-0.2, 0) is 7.05 Å². The molecule has 2 rings (SSSR count). The molecule has 18 heavy (non-hydrogen) atoms. The molecule has 1 aromatic heterocycles. The highest BCUT2D eigenvalue weighted by Gasteiger charge is 2.31. The number of carbonyl (C=O) groups excluding carboxylic acids is 1. The fourth-order valence-corrected chi connectivity index (χ4v) is 2.41. The molecular weight excluding hydrogens is 230 g/mol. The van der Waals surface area contributed by atoms with E-state index in [9.17, 15) is 4.79 Å². The van der Waals surface area contributed by atoms with Gasteiger partial charge in [-0.15, -0.1) is 0 Å². The van der Waals surface area contributed by atoms with E-state index in [2.05, 4.69) is 24.3 Å². The van der Waals surface area contributed by atoms with Gasteiger partial charge in [-0.25, -0.2) is 0 Å². The van der Waals surface area contributed by atoms with Crippen molar-refractivity contribution < 1.29 is 4.79 Å². The van der Waals surface area contributed by atoms with Crippen molar-refractivity contribution in [1.82, 2.24) is 20.0 Å². The average Bonchev–Trinajstić information content (AvgIpc) is 2.51. The van der Waals surface area contributed by atoms with Crippen LogP contribution in [-0.4, -0.2) is 45.8 Å². The summed E-state index contributed by atoms with van der Waals surface area (Å²) in [6, 6.07) is 0. The van der Waals surface area contributed by atoms with Gasteiger partial charge in [-0.3, -0.25) is 9.48 Å². The summed E-state index contributed by atoms with van der Waals surface area (Å²) in [7, 11) is 1.75. The van der Waals surface area contributed by atoms with Gasteiger partial charge < -0.3 is 16.0 Å². The number of hydrogen-bond acceptors (Lipinski definition) is 4. The van der Waals surface area contributed by atoms with E-state index >= 15 is 0 Å². The summed E-state index contributed by atoms with van der Waals surface area (Å²) in [6.45, 7) is 8.18. The van der Waals surface area contributed by atoms with Gasteiger partial charge in [0.2, 0.25) is 0 Å². The van der Waals surface area contributed by atoms with Gasteiger partial charge >= 0.3 is 0 Å². The molecule has 0 aliphatic carbocycles. The predicted octanol–water partition coefficient (Wildman–Crippen LogP) is 0.135. The average molecular weight is 251 g/mol. The molecule has 0 spiro atoms. The molecule has 3 N–H and O–H groups in total. The van der Waals surface area contributed by atoms with E-state index in [0.717, 1.165) is 6.54 Å². The number of rotatable bonds is 1. The minimum atomic E-state index is -0.0568. The third-order valence-electron chi connectivity index (χ3n) is 3.34. The molecule has 6 heteroatoms. The highest BCUT2D eigenvalue weighted by Crippen LogP contribution is 2.20. The second-order valence-corrected chi connectivity index (χ2v) is 5.51. The summed E-state index contributed by atoms with van der Waals surface area (Å²) >= 11 is 0. The Morgan fingerprint density at radius 2 is 2.17 bits per heavy atom. The van der Waals surface area contributed by atoms with Gasteiger partial charge in [-0.05, 0) is 20.8 Å². The van der Waals surface area contributed by atoms with E-state index < -0.39 is 0 Å². The van der Waals surface area contributed by atoms with Crippen LogP contribution in [0.2, 0.25) is 0 Å². The Morgan fingerprint density at radius 1 is 1.50 bits per heavy atom. The summed E-state index contributed by atoms with van der Waals surface area (Å²) in [4.78, 5) is 14.4. The van der Waals surface area contributed by atoms with Crippen LogP contribution in [0.5, 0.6) is 0 Å². The Bertz CT molecular complexity index is 477. The van der Waals surface area contributed by atoms with Crippen molar-refractivity contribution >= 4 is 11.7 Å². The van der Waals surface area contributed by atoms with Crippen LogP contribution < -0.4 is 11.1 Å². The Balaban J connectivity index is 2.26. The van der Waals surface area contributed by atoms with Gasteiger partial charge in [-0.1, -0.05) is 0 Å². The number of nitrogens with one attached hydrogen (secondary N) is 1. The molecular formula is C12H21N5O. The van der Waals surface area contributed by atoms with E-state index in [1.165, 1.54) is 0 Å². The molecule has 0 aromatic carbocycles. The highest BCUT2D eigenvalue weighted by atomic mass is 16.2. The van der Waals surface area contributed by atoms with Gasteiger partial charge in [0.15, 0.2) is 0 Å². The van der Waals surface area contributed by atoms with E-state index in [4.69, 9.17) is 5.73 Å². The summed E-state index contributed by atoms with van der Waals surface area (Å²) in [5, 5.41) is 7.57. The quantitative estimate of drug-likeness (QED) is 0.744. The number of anilines is 1. The van der Waals surface area contributed by atoms with Crippen LogP contribution in [0.15, 0.2) is 0 Å². The second-order valence-electron chi connectivity index (χ2n) is 5.51. The first kappa shape index (κ1) is 12.9. The minimum Gasteiger partial charge on any atom is -0.383 e. The smallest absolute Gasteiger partial charge is 0.259 e. The molecule has 100 valence electrons. The van der Waals surface area contributed by atoms with Gasteiger partial charge in [0.1, 0.15) is 11.4 Å². The first-order valence-corrected chi connectivity index (χ1v) is 6.15. The number of aromatic nitrogens is 2. The molecule has 1 fully saturated rings. The largest absolute Gasteiger partial charge is 0.383 e. The molecule has 0 unspecified atom stereocenters. The third-order valence-corrected chi connectivity index (χ3v) is 3.34. The summed E-state index contributed by atoms with van der Waals surface area (Å²) in [5.41, 5.74) is 7.09. The lowest BCUT2D eigenvalue weighted by Gasteiger charge is -2.39. The lowest BCUT2D eigenvalue weighted by Crippen LogP contribution is -2.58. The molecule has 1 saturated heterocycles. The molecule has 0 atom stereocenters. The Kier molecular flexibility index (Phi) is 3.06. The fraction of sp³-hybridized carbons (Fsp3) is 0.667. The molecule has 6 nitrogen and oxygen atoms in total. The number of aryl methyl sites for hydroxylation is 2. The third kappa shape index (κ3) is 2.20. The van der Waals surface area contributed by atoms with Gasteiger partial charge in [0, 0.05) is 32.2 Å². The number of amides is 1. The monoisotopic (exact) mass is 251 g/mol. The molecule has 1 aliphatic heterocycles. The number of nitrogen functional groups attached to an aromatic ring is 1. The summed E-state index contributed by atoms with van der Waals surface area (Å²) < 4.78 is 1.55. The number of piperazine rings is 1. The van der Waals surface area contributed by atoms with Crippen molar-refractivity contribution in [2.24, 2.45) is 7.05 Å². The zero-order valence-electron chi connectivity index (χ0n) is 11.4. The van der Waals surface area contributed by atoms with Crippen molar-refractivity contribution in [3.05, 3.63) is 11.3 Å². The molecule has 1 aromatic rings. The van der Waals surface area contributed by atoms with Crippen LogP contribution in [0.1, 0.15) is 29.9 Å². The first-order valence-electron chi connectivity index (χ1n) is 6.15. The molecule has 1 aliphatic rings. The van der Waals surface area contributed by atoms with Crippen molar-refractivity contribution in [2.45, 2.75) is 26.3 Å². The topological polar surface area (TPSA) is 76.2 Å². The highest BCUT2D eigenvalue weighted by molar-refractivity contribution is 5.99. The maximum atomic E-state index is 12.5. The van der Waals surface area contributed by atoms with Crippen molar-refractivity contribution in [2.75, 3.05) is 25.4 Å². The molecule has 1 amide bonds. The fourth-order valence-electron chi connectivity index (χ4n) is 2.41. The van der Waals surface area contributed by atoms with E-state index in [0.29, 0.717) is 30.2 Å². The Labute approximate surface area is 107 Å². The molecule has 0 radical (unpaired) electrons. The zero-order chi connectivity index (χ0) is 13.5. The standard InChI is InChI=1S/C12H21N5O/c1-8-9(10(13)16(4)15-8)11(18)17-6-5-14-12(2,3)7-17/h14H,5-7,13H2,1-4H3. The molecule has 0 bridgehead atoms. The maximum absolute atomic E-state index is 12.5. The summed E-state index contributed by atoms with van der Waals surface area (Å²) in [6.07, 6.45) is 0. The van der Waals surface area contributed by atoms with Crippen molar-refractivity contribution in [3.8, 4) is 0 Å². The van der Waals surface area contributed by atoms with Crippen molar-refractivity contribution in [1.29, 1.82) is 0 Å². The summed E-state index contributed by atoms with van der Waals surface area (Å²) in [5.74, 6) is 0.418. The second kappa shape index (κ2) is 4.28. The van der Waals surface area contributed by atoms with Crippen LogP contribution in [0.3, 0.4) is 0 Å². The number of nitrogens with zero attached hydrogens (tertiary/aromatic N) is 3. The SMILES string of the molecule is Cc1nn(C)c(N)c1C(=O)N1CCNC(C)(C)C1. The van der Waals surface area contributed by atoms with Crippen molar-refractivity contribution in [3.63, 3.8) is 0 Å². The zero-order valence-corrected chi connectivity index (χ0v) is 11.4. The maximum Gasteiger partial charge on any atom is 0.259 e. The lowest BCUT2D eigenvalue weighted by atomic mass is 10.0. The predicted molar refractivity (Wildman–Crippen MR) is 70.3 cm³/mol.